The van der Waals surface area contributed by atoms with Gasteiger partial charge in [-0.15, -0.1) is 0 Å². The molecular formula is C18H21BrN2. The van der Waals surface area contributed by atoms with Gasteiger partial charge in [0.1, 0.15) is 0 Å². The van der Waals surface area contributed by atoms with Crippen molar-refractivity contribution in [3.8, 4) is 0 Å². The van der Waals surface area contributed by atoms with E-state index in [-0.39, 0.29) is 0 Å². The molecule has 0 amide bonds. The van der Waals surface area contributed by atoms with E-state index in [4.69, 9.17) is 0 Å². The maximum atomic E-state index is 3.69. The Labute approximate surface area is 134 Å². The number of halogens is 1. The normalized spacial score (nSPS) is 26.3. The molecule has 2 fully saturated rings. The summed E-state index contributed by atoms with van der Waals surface area (Å²) in [5.41, 5.74) is 1.40. The second-order valence-corrected chi connectivity index (χ2v) is 7.26. The molecule has 2 unspecified atom stereocenters. The third-order valence-corrected chi connectivity index (χ3v) is 5.79. The van der Waals surface area contributed by atoms with E-state index in [1.165, 1.54) is 53.4 Å². The van der Waals surface area contributed by atoms with Crippen molar-refractivity contribution < 1.29 is 0 Å². The van der Waals surface area contributed by atoms with Gasteiger partial charge in [-0.2, -0.15) is 0 Å². The van der Waals surface area contributed by atoms with E-state index in [1.807, 2.05) is 0 Å². The second-order valence-electron chi connectivity index (χ2n) is 6.40. The topological polar surface area (TPSA) is 6.48 Å². The van der Waals surface area contributed by atoms with E-state index in [9.17, 15) is 0 Å². The molecule has 2 aromatic carbocycles. The maximum Gasteiger partial charge on any atom is 0.0450 e. The van der Waals surface area contributed by atoms with Gasteiger partial charge in [-0.1, -0.05) is 40.2 Å². The Morgan fingerprint density at radius 2 is 1.86 bits per heavy atom. The molecule has 2 nitrogen and oxygen atoms in total. The van der Waals surface area contributed by atoms with Crippen LogP contribution in [-0.4, -0.2) is 36.6 Å². The van der Waals surface area contributed by atoms with Gasteiger partial charge in [-0.05, 0) is 43.8 Å². The van der Waals surface area contributed by atoms with Crippen LogP contribution in [0.3, 0.4) is 0 Å². The number of benzene rings is 2. The summed E-state index contributed by atoms with van der Waals surface area (Å²) in [7, 11) is 0. The van der Waals surface area contributed by atoms with Crippen molar-refractivity contribution in [2.75, 3.05) is 24.5 Å². The summed E-state index contributed by atoms with van der Waals surface area (Å²) in [6.45, 7) is 6.04. The summed E-state index contributed by atoms with van der Waals surface area (Å²) >= 11 is 3.69. The van der Waals surface area contributed by atoms with Gasteiger partial charge in [0.2, 0.25) is 0 Å². The zero-order chi connectivity index (χ0) is 14.4. The van der Waals surface area contributed by atoms with Crippen molar-refractivity contribution in [1.29, 1.82) is 0 Å². The highest BCUT2D eigenvalue weighted by molar-refractivity contribution is 9.10. The largest absolute Gasteiger partial charge is 0.365 e. The summed E-state index contributed by atoms with van der Waals surface area (Å²) in [5, 5.41) is 2.68. The average Bonchev–Trinajstić information content (AvgIpc) is 2.94. The molecule has 0 aromatic heterocycles. The zero-order valence-electron chi connectivity index (χ0n) is 12.4. The summed E-state index contributed by atoms with van der Waals surface area (Å²) in [5.74, 6) is 0. The molecular weight excluding hydrogens is 324 g/mol. The number of anilines is 1. The fourth-order valence-corrected chi connectivity index (χ4v) is 4.50. The minimum Gasteiger partial charge on any atom is -0.365 e. The monoisotopic (exact) mass is 344 g/mol. The van der Waals surface area contributed by atoms with E-state index in [0.717, 1.165) is 6.04 Å². The van der Waals surface area contributed by atoms with Crippen LogP contribution in [0.5, 0.6) is 0 Å². The SMILES string of the molecule is CC1CN2CCCC2CN1c1ccc(Br)c2ccccc12. The molecule has 3 heteroatoms. The van der Waals surface area contributed by atoms with Crippen LogP contribution in [0.4, 0.5) is 5.69 Å². The first-order valence-electron chi connectivity index (χ1n) is 7.92. The highest BCUT2D eigenvalue weighted by atomic mass is 79.9. The molecule has 2 atom stereocenters. The van der Waals surface area contributed by atoms with Gasteiger partial charge >= 0.3 is 0 Å². The molecule has 21 heavy (non-hydrogen) atoms. The van der Waals surface area contributed by atoms with Crippen LogP contribution >= 0.6 is 15.9 Å². The van der Waals surface area contributed by atoms with Crippen LogP contribution in [0.25, 0.3) is 10.8 Å². The quantitative estimate of drug-likeness (QED) is 0.761. The highest BCUT2D eigenvalue weighted by Gasteiger charge is 2.34. The molecule has 0 saturated carbocycles. The fourth-order valence-electron chi connectivity index (χ4n) is 4.02. The molecule has 2 aliphatic heterocycles. The van der Waals surface area contributed by atoms with Crippen LogP contribution in [0, 0.1) is 0 Å². The van der Waals surface area contributed by atoms with E-state index in [0.29, 0.717) is 6.04 Å². The maximum absolute atomic E-state index is 3.69. The molecule has 110 valence electrons. The van der Waals surface area contributed by atoms with E-state index in [1.54, 1.807) is 0 Å². The lowest BCUT2D eigenvalue weighted by molar-refractivity contribution is 0.203. The third-order valence-electron chi connectivity index (χ3n) is 5.09. The zero-order valence-corrected chi connectivity index (χ0v) is 14.0. The number of hydrogen-bond acceptors (Lipinski definition) is 2. The van der Waals surface area contributed by atoms with E-state index < -0.39 is 0 Å². The summed E-state index contributed by atoms with van der Waals surface area (Å²) in [6, 6.07) is 14.6. The molecule has 0 aliphatic carbocycles. The van der Waals surface area contributed by atoms with Gasteiger partial charge in [0, 0.05) is 40.7 Å². The summed E-state index contributed by atoms with van der Waals surface area (Å²) < 4.78 is 1.19. The van der Waals surface area contributed by atoms with Crippen molar-refractivity contribution >= 4 is 32.4 Å². The molecule has 4 rings (SSSR count). The Hall–Kier alpha value is -1.06. The van der Waals surface area contributed by atoms with Crippen LogP contribution < -0.4 is 4.90 Å². The number of fused-ring (bicyclic) bond motifs is 2. The van der Waals surface area contributed by atoms with Crippen LogP contribution in [0.1, 0.15) is 19.8 Å². The molecule has 0 N–H and O–H groups in total. The minimum absolute atomic E-state index is 0.587. The van der Waals surface area contributed by atoms with Gasteiger partial charge < -0.3 is 4.90 Å². The van der Waals surface area contributed by atoms with Crippen LogP contribution in [0.2, 0.25) is 0 Å². The van der Waals surface area contributed by atoms with Gasteiger partial charge in [-0.3, -0.25) is 4.90 Å². The van der Waals surface area contributed by atoms with Gasteiger partial charge in [0.15, 0.2) is 0 Å². The Balaban J connectivity index is 1.77. The Morgan fingerprint density at radius 1 is 1.05 bits per heavy atom. The smallest absolute Gasteiger partial charge is 0.0450 e. The molecule has 2 aromatic rings. The average molecular weight is 345 g/mol. The first kappa shape index (κ1) is 13.6. The predicted octanol–water partition coefficient (Wildman–Crippen LogP) is 4.28. The molecule has 2 heterocycles. The third kappa shape index (κ3) is 2.27. The Bertz CT molecular complexity index is 669. The predicted molar refractivity (Wildman–Crippen MR) is 93.1 cm³/mol. The van der Waals surface area contributed by atoms with Crippen molar-refractivity contribution in [3.05, 3.63) is 40.9 Å². The van der Waals surface area contributed by atoms with Crippen molar-refractivity contribution in [3.63, 3.8) is 0 Å². The number of rotatable bonds is 1. The lowest BCUT2D eigenvalue weighted by Crippen LogP contribution is -2.55. The van der Waals surface area contributed by atoms with Crippen molar-refractivity contribution in [2.24, 2.45) is 0 Å². The Morgan fingerprint density at radius 3 is 2.71 bits per heavy atom. The lowest BCUT2D eigenvalue weighted by atomic mass is 10.0. The molecule has 2 aliphatic rings. The lowest BCUT2D eigenvalue weighted by Gasteiger charge is -2.44. The molecule has 0 radical (unpaired) electrons. The van der Waals surface area contributed by atoms with Gasteiger partial charge in [0.25, 0.3) is 0 Å². The van der Waals surface area contributed by atoms with Gasteiger partial charge in [0.05, 0.1) is 0 Å². The number of hydrogen-bond donors (Lipinski definition) is 0. The van der Waals surface area contributed by atoms with Gasteiger partial charge in [-0.25, -0.2) is 0 Å². The highest BCUT2D eigenvalue weighted by Crippen LogP contribution is 2.36. The molecule has 2 saturated heterocycles. The van der Waals surface area contributed by atoms with E-state index >= 15 is 0 Å². The van der Waals surface area contributed by atoms with Crippen molar-refractivity contribution in [1.82, 2.24) is 4.90 Å². The molecule has 0 spiro atoms. The summed E-state index contributed by atoms with van der Waals surface area (Å²) in [6.07, 6.45) is 2.73. The van der Waals surface area contributed by atoms with E-state index in [2.05, 4.69) is 69.1 Å². The van der Waals surface area contributed by atoms with Crippen LogP contribution in [0.15, 0.2) is 40.9 Å². The van der Waals surface area contributed by atoms with Crippen molar-refractivity contribution in [2.45, 2.75) is 31.8 Å². The minimum atomic E-state index is 0.587. The standard InChI is InChI=1S/C18H21BrN2/c1-13-11-20-10-4-5-14(20)12-21(13)18-9-8-17(19)15-6-2-3-7-16(15)18/h2-3,6-9,13-14H,4-5,10-12H2,1H3. The number of nitrogens with zero attached hydrogens (tertiary/aromatic N) is 2. The fraction of sp³-hybridized carbons (Fsp3) is 0.444. The number of piperazine rings is 1. The van der Waals surface area contributed by atoms with Crippen LogP contribution in [-0.2, 0) is 0 Å². The first-order valence-corrected chi connectivity index (χ1v) is 8.71. The Kier molecular flexibility index (Phi) is 3.43. The second kappa shape index (κ2) is 5.29. The summed E-state index contributed by atoms with van der Waals surface area (Å²) in [4.78, 5) is 5.31. The molecule has 0 bridgehead atoms. The first-order chi connectivity index (χ1) is 10.2.